The van der Waals surface area contributed by atoms with Crippen molar-refractivity contribution in [2.24, 2.45) is 5.73 Å². The molecule has 2 N–H and O–H groups in total. The molecule has 0 radical (unpaired) electrons. The van der Waals surface area contributed by atoms with Crippen LogP contribution in [0.2, 0.25) is 0 Å². The Morgan fingerprint density at radius 1 is 1.05 bits per heavy atom. The molecular weight excluding hydrogens is 262 g/mol. The van der Waals surface area contributed by atoms with Crippen molar-refractivity contribution in [3.8, 4) is 0 Å². The number of benzene rings is 2. The van der Waals surface area contributed by atoms with Gasteiger partial charge in [-0.2, -0.15) is 5.10 Å². The van der Waals surface area contributed by atoms with Gasteiger partial charge in [0, 0.05) is 16.3 Å². The van der Waals surface area contributed by atoms with Crippen LogP contribution >= 0.6 is 0 Å². The standard InChI is InChI=1S/C17H15N3O/c18-9-17-14(13-6-2-4-8-16(13)21-17)11-20-15-7-3-1-5-12(15)10-19-20/h1-8,10H,9,11,18H2. The van der Waals surface area contributed by atoms with E-state index in [0.29, 0.717) is 13.1 Å². The third-order valence-corrected chi connectivity index (χ3v) is 3.83. The van der Waals surface area contributed by atoms with Gasteiger partial charge in [0.2, 0.25) is 0 Å². The molecular formula is C17H15N3O. The van der Waals surface area contributed by atoms with Gasteiger partial charge in [-0.1, -0.05) is 36.4 Å². The molecule has 0 spiro atoms. The summed E-state index contributed by atoms with van der Waals surface area (Å²) in [7, 11) is 0. The lowest BCUT2D eigenvalue weighted by Gasteiger charge is -2.04. The zero-order chi connectivity index (χ0) is 14.2. The summed E-state index contributed by atoms with van der Waals surface area (Å²) in [6.07, 6.45) is 1.89. The molecule has 4 nitrogen and oxygen atoms in total. The van der Waals surface area contributed by atoms with Crippen LogP contribution in [0, 0.1) is 0 Å². The van der Waals surface area contributed by atoms with Crippen LogP contribution in [0.5, 0.6) is 0 Å². The third kappa shape index (κ3) is 1.92. The minimum absolute atomic E-state index is 0.392. The van der Waals surface area contributed by atoms with Crippen molar-refractivity contribution >= 4 is 21.9 Å². The monoisotopic (exact) mass is 277 g/mol. The molecule has 4 rings (SSSR count). The zero-order valence-corrected chi connectivity index (χ0v) is 11.5. The minimum atomic E-state index is 0.392. The lowest BCUT2D eigenvalue weighted by atomic mass is 10.1. The van der Waals surface area contributed by atoms with Crippen LogP contribution in [0.3, 0.4) is 0 Å². The first kappa shape index (κ1) is 12.2. The SMILES string of the molecule is NCc1oc2ccccc2c1Cn1ncc2ccccc21. The Hall–Kier alpha value is -2.59. The van der Waals surface area contributed by atoms with E-state index in [1.165, 1.54) is 0 Å². The maximum Gasteiger partial charge on any atom is 0.134 e. The van der Waals surface area contributed by atoms with Crippen LogP contribution in [0.1, 0.15) is 11.3 Å². The summed E-state index contributed by atoms with van der Waals surface area (Å²) in [4.78, 5) is 0. The molecule has 0 aliphatic rings. The summed E-state index contributed by atoms with van der Waals surface area (Å²) in [6, 6.07) is 16.2. The van der Waals surface area contributed by atoms with E-state index < -0.39 is 0 Å². The highest BCUT2D eigenvalue weighted by molar-refractivity contribution is 5.83. The van der Waals surface area contributed by atoms with E-state index in [1.54, 1.807) is 0 Å². The molecule has 0 atom stereocenters. The number of para-hydroxylation sites is 2. The van der Waals surface area contributed by atoms with Crippen molar-refractivity contribution in [2.45, 2.75) is 13.1 Å². The lowest BCUT2D eigenvalue weighted by Crippen LogP contribution is -2.05. The predicted molar refractivity (Wildman–Crippen MR) is 82.9 cm³/mol. The Labute approximate surface area is 121 Å². The average Bonchev–Trinajstić information content (AvgIpc) is 3.10. The average molecular weight is 277 g/mol. The van der Waals surface area contributed by atoms with E-state index in [9.17, 15) is 0 Å². The molecule has 4 heteroatoms. The third-order valence-electron chi connectivity index (χ3n) is 3.83. The fourth-order valence-electron chi connectivity index (χ4n) is 2.79. The van der Waals surface area contributed by atoms with E-state index >= 15 is 0 Å². The van der Waals surface area contributed by atoms with Gasteiger partial charge in [-0.25, -0.2) is 0 Å². The van der Waals surface area contributed by atoms with Gasteiger partial charge < -0.3 is 10.2 Å². The summed E-state index contributed by atoms with van der Waals surface area (Å²) < 4.78 is 7.83. The van der Waals surface area contributed by atoms with Crippen molar-refractivity contribution in [1.29, 1.82) is 0 Å². The van der Waals surface area contributed by atoms with Crippen LogP contribution in [-0.2, 0) is 13.1 Å². The van der Waals surface area contributed by atoms with Crippen molar-refractivity contribution in [1.82, 2.24) is 9.78 Å². The molecule has 2 aromatic heterocycles. The molecule has 0 aliphatic carbocycles. The van der Waals surface area contributed by atoms with Gasteiger partial charge in [0.15, 0.2) is 0 Å². The topological polar surface area (TPSA) is 57.0 Å². The highest BCUT2D eigenvalue weighted by Crippen LogP contribution is 2.27. The highest BCUT2D eigenvalue weighted by atomic mass is 16.3. The second kappa shape index (κ2) is 4.75. The van der Waals surface area contributed by atoms with Gasteiger partial charge in [0.25, 0.3) is 0 Å². The number of aromatic nitrogens is 2. The smallest absolute Gasteiger partial charge is 0.134 e. The first-order chi connectivity index (χ1) is 10.4. The molecule has 0 saturated heterocycles. The number of nitrogens with zero attached hydrogens (tertiary/aromatic N) is 2. The normalized spacial score (nSPS) is 11.5. The molecule has 2 aromatic carbocycles. The Bertz CT molecular complexity index is 920. The number of nitrogens with two attached hydrogens (primary N) is 1. The van der Waals surface area contributed by atoms with Crippen molar-refractivity contribution in [3.05, 3.63) is 66.1 Å². The van der Waals surface area contributed by atoms with Crippen LogP contribution in [-0.4, -0.2) is 9.78 Å². The number of rotatable bonds is 3. The van der Waals surface area contributed by atoms with Crippen LogP contribution in [0.15, 0.2) is 59.1 Å². The fraction of sp³-hybridized carbons (Fsp3) is 0.118. The molecule has 0 fully saturated rings. The Morgan fingerprint density at radius 2 is 1.86 bits per heavy atom. The number of fused-ring (bicyclic) bond motifs is 2. The Kier molecular flexibility index (Phi) is 2.75. The van der Waals surface area contributed by atoms with Gasteiger partial charge in [-0.3, -0.25) is 4.68 Å². The summed E-state index contributed by atoms with van der Waals surface area (Å²) in [5, 5.41) is 6.73. The fourth-order valence-corrected chi connectivity index (χ4v) is 2.79. The molecule has 104 valence electrons. The summed E-state index contributed by atoms with van der Waals surface area (Å²) >= 11 is 0. The van der Waals surface area contributed by atoms with Gasteiger partial charge in [-0.05, 0) is 12.1 Å². The Balaban J connectivity index is 1.87. The second-order valence-electron chi connectivity index (χ2n) is 5.07. The maximum absolute atomic E-state index is 5.84. The summed E-state index contributed by atoms with van der Waals surface area (Å²) in [6.45, 7) is 1.06. The number of furan rings is 1. The maximum atomic E-state index is 5.84. The molecule has 0 unspecified atom stereocenters. The van der Waals surface area contributed by atoms with E-state index in [1.807, 2.05) is 41.2 Å². The van der Waals surface area contributed by atoms with Crippen molar-refractivity contribution < 1.29 is 4.42 Å². The summed E-state index contributed by atoms with van der Waals surface area (Å²) in [5.41, 5.74) is 8.94. The molecule has 2 heterocycles. The zero-order valence-electron chi connectivity index (χ0n) is 11.5. The minimum Gasteiger partial charge on any atom is -0.459 e. The van der Waals surface area contributed by atoms with Gasteiger partial charge in [0.05, 0.1) is 24.8 Å². The van der Waals surface area contributed by atoms with Gasteiger partial charge in [-0.15, -0.1) is 0 Å². The van der Waals surface area contributed by atoms with E-state index in [2.05, 4.69) is 23.3 Å². The van der Waals surface area contributed by atoms with Gasteiger partial charge in [0.1, 0.15) is 11.3 Å². The van der Waals surface area contributed by atoms with Gasteiger partial charge >= 0.3 is 0 Å². The largest absolute Gasteiger partial charge is 0.459 e. The highest BCUT2D eigenvalue weighted by Gasteiger charge is 2.14. The van der Waals surface area contributed by atoms with E-state index in [0.717, 1.165) is 33.2 Å². The Morgan fingerprint density at radius 3 is 2.76 bits per heavy atom. The molecule has 4 aromatic rings. The number of hydrogen-bond donors (Lipinski definition) is 1. The second-order valence-corrected chi connectivity index (χ2v) is 5.07. The first-order valence-corrected chi connectivity index (χ1v) is 6.97. The quantitative estimate of drug-likeness (QED) is 0.625. The van der Waals surface area contributed by atoms with Crippen LogP contribution in [0.25, 0.3) is 21.9 Å². The predicted octanol–water partition coefficient (Wildman–Crippen LogP) is 3.29. The molecule has 0 aliphatic heterocycles. The lowest BCUT2D eigenvalue weighted by molar-refractivity contribution is 0.540. The van der Waals surface area contributed by atoms with Crippen LogP contribution < -0.4 is 5.73 Å². The molecule has 0 bridgehead atoms. The van der Waals surface area contributed by atoms with E-state index in [-0.39, 0.29) is 0 Å². The molecule has 0 saturated carbocycles. The first-order valence-electron chi connectivity index (χ1n) is 6.97. The number of hydrogen-bond acceptors (Lipinski definition) is 3. The molecule has 0 amide bonds. The van der Waals surface area contributed by atoms with Crippen molar-refractivity contribution in [2.75, 3.05) is 0 Å². The van der Waals surface area contributed by atoms with Crippen LogP contribution in [0.4, 0.5) is 0 Å². The van der Waals surface area contributed by atoms with E-state index in [4.69, 9.17) is 10.2 Å². The molecule has 21 heavy (non-hydrogen) atoms. The van der Waals surface area contributed by atoms with Crippen molar-refractivity contribution in [3.63, 3.8) is 0 Å². The summed E-state index contributed by atoms with van der Waals surface area (Å²) in [5.74, 6) is 0.829.